The van der Waals surface area contributed by atoms with Gasteiger partial charge in [-0.05, 0) is 0 Å². The van der Waals surface area contributed by atoms with Crippen molar-refractivity contribution in [1.82, 2.24) is 0 Å². The summed E-state index contributed by atoms with van der Waals surface area (Å²) in [5.74, 6) is 0.921. The molecule has 0 heterocycles. The van der Waals surface area contributed by atoms with E-state index >= 15 is 0 Å². The molecular formula is C19H19IOS. The van der Waals surface area contributed by atoms with E-state index in [0.717, 1.165) is 5.75 Å². The van der Waals surface area contributed by atoms with Crippen LogP contribution in [0.25, 0.3) is 0 Å². The van der Waals surface area contributed by atoms with Gasteiger partial charge in [-0.25, -0.2) is 0 Å². The second-order valence-corrected chi connectivity index (χ2v) is 13.5. The monoisotopic (exact) mass is 422 g/mol. The molecule has 0 aromatic heterocycles. The average molecular weight is 422 g/mol. The Morgan fingerprint density at radius 2 is 1.77 bits per heavy atom. The molecular weight excluding hydrogens is 403 g/mol. The first-order chi connectivity index (χ1) is 10.9. The average Bonchev–Trinajstić information content (AvgIpc) is 2.62. The van der Waals surface area contributed by atoms with Gasteiger partial charge in [0.25, 0.3) is 0 Å². The van der Waals surface area contributed by atoms with Crippen molar-refractivity contribution in [2.45, 2.75) is 15.2 Å². The summed E-state index contributed by atoms with van der Waals surface area (Å²) in [7, 11) is 3.80. The number of ether oxygens (including phenoxy) is 1. The van der Waals surface area contributed by atoms with Gasteiger partial charge in [-0.3, -0.25) is 0 Å². The summed E-state index contributed by atoms with van der Waals surface area (Å²) in [6, 6.07) is 19.5. The fourth-order valence-corrected chi connectivity index (χ4v) is 12.1. The van der Waals surface area contributed by atoms with Crippen molar-refractivity contribution >= 4 is 27.4 Å². The van der Waals surface area contributed by atoms with Crippen molar-refractivity contribution in [3.8, 4) is 5.75 Å². The molecule has 0 amide bonds. The van der Waals surface area contributed by atoms with Gasteiger partial charge in [0, 0.05) is 0 Å². The van der Waals surface area contributed by atoms with Gasteiger partial charge in [-0.15, -0.1) is 0 Å². The molecule has 2 aromatic rings. The van der Waals surface area contributed by atoms with Gasteiger partial charge in [-0.2, -0.15) is 0 Å². The molecule has 0 bridgehead atoms. The third kappa shape index (κ3) is 3.96. The first kappa shape index (κ1) is 15.7. The SMILES string of the molecule is COc1ccc(SI(c2ccccc2)C2C=CC=CC2)cc1. The van der Waals surface area contributed by atoms with Crippen LogP contribution >= 0.6 is 27.4 Å². The Morgan fingerprint density at radius 1 is 1.00 bits per heavy atom. The Morgan fingerprint density at radius 3 is 2.41 bits per heavy atom. The van der Waals surface area contributed by atoms with Gasteiger partial charge in [0.15, 0.2) is 0 Å². The Kier molecular flexibility index (Phi) is 5.62. The first-order valence-electron chi connectivity index (χ1n) is 7.26. The van der Waals surface area contributed by atoms with Crippen LogP contribution in [0.3, 0.4) is 0 Å². The zero-order valence-corrected chi connectivity index (χ0v) is 15.5. The van der Waals surface area contributed by atoms with Crippen molar-refractivity contribution in [3.05, 3.63) is 82.5 Å². The summed E-state index contributed by atoms with van der Waals surface area (Å²) >= 11 is -1.39. The second kappa shape index (κ2) is 7.88. The Balaban J connectivity index is 1.84. The van der Waals surface area contributed by atoms with E-state index in [1.54, 1.807) is 7.11 Å². The number of halogens is 1. The molecule has 1 nitrogen and oxygen atoms in total. The van der Waals surface area contributed by atoms with E-state index in [1.807, 2.05) is 0 Å². The molecule has 0 N–H and O–H groups in total. The molecule has 0 saturated carbocycles. The van der Waals surface area contributed by atoms with Gasteiger partial charge in [-0.1, -0.05) is 0 Å². The third-order valence-electron chi connectivity index (χ3n) is 3.36. The van der Waals surface area contributed by atoms with Gasteiger partial charge in [0.1, 0.15) is 0 Å². The molecule has 2 aromatic carbocycles. The molecule has 1 aliphatic rings. The number of rotatable bonds is 5. The predicted molar refractivity (Wildman–Crippen MR) is 105 cm³/mol. The quantitative estimate of drug-likeness (QED) is 0.434. The Bertz CT molecular complexity index is 649. The maximum absolute atomic E-state index is 5.26. The maximum atomic E-state index is 5.26. The van der Waals surface area contributed by atoms with E-state index in [-0.39, 0.29) is 0 Å². The summed E-state index contributed by atoms with van der Waals surface area (Å²) in [6.45, 7) is 0. The van der Waals surface area contributed by atoms with Crippen LogP contribution in [0.15, 0.2) is 83.8 Å². The summed E-state index contributed by atoms with van der Waals surface area (Å²) in [4.78, 5) is 1.35. The molecule has 1 aliphatic carbocycles. The normalized spacial score (nSPS) is 17.3. The van der Waals surface area contributed by atoms with E-state index in [9.17, 15) is 0 Å². The van der Waals surface area contributed by atoms with Gasteiger partial charge < -0.3 is 0 Å². The number of allylic oxidation sites excluding steroid dienone is 4. The topological polar surface area (TPSA) is 9.23 Å². The summed E-state index contributed by atoms with van der Waals surface area (Å²) < 4.78 is 7.48. The summed E-state index contributed by atoms with van der Waals surface area (Å²) in [6.07, 6.45) is 10.2. The minimum absolute atomic E-state index is 0.684. The standard InChI is InChI=1S/C19H19IOS/c1-21-18-12-14-19(15-13-18)22-20(16-8-4-2-5-9-16)17-10-6-3-7-11-17/h2-10,12-15,17H,11H2,1H3. The van der Waals surface area contributed by atoms with Crippen LogP contribution in [0.1, 0.15) is 6.42 Å². The van der Waals surface area contributed by atoms with E-state index in [1.165, 1.54) is 14.9 Å². The summed E-state index contributed by atoms with van der Waals surface area (Å²) in [5.41, 5.74) is 0. The molecule has 0 spiro atoms. The van der Waals surface area contributed by atoms with Crippen molar-refractivity contribution in [1.29, 1.82) is 0 Å². The fraction of sp³-hybridized carbons (Fsp3) is 0.158. The summed E-state index contributed by atoms with van der Waals surface area (Å²) in [5, 5.41) is 0. The van der Waals surface area contributed by atoms with E-state index in [4.69, 9.17) is 4.74 Å². The fourth-order valence-electron chi connectivity index (χ4n) is 2.22. The molecule has 114 valence electrons. The van der Waals surface area contributed by atoms with E-state index < -0.39 is 18.4 Å². The van der Waals surface area contributed by atoms with Crippen LogP contribution in [0, 0.1) is 3.57 Å². The van der Waals surface area contributed by atoms with Crippen molar-refractivity contribution < 1.29 is 4.74 Å². The molecule has 0 fully saturated rings. The molecule has 22 heavy (non-hydrogen) atoms. The molecule has 0 radical (unpaired) electrons. The van der Waals surface area contributed by atoms with Gasteiger partial charge in [0.05, 0.1) is 0 Å². The van der Waals surface area contributed by atoms with E-state index in [0.29, 0.717) is 3.92 Å². The molecule has 0 saturated heterocycles. The zero-order chi connectivity index (χ0) is 15.2. The molecule has 3 rings (SSSR count). The number of benzene rings is 2. The van der Waals surface area contributed by atoms with Crippen molar-refractivity contribution in [2.24, 2.45) is 0 Å². The van der Waals surface area contributed by atoms with Crippen LogP contribution in [0.5, 0.6) is 5.75 Å². The zero-order valence-electron chi connectivity index (χ0n) is 12.5. The van der Waals surface area contributed by atoms with Crippen LogP contribution in [-0.2, 0) is 0 Å². The Labute approximate surface area is 142 Å². The van der Waals surface area contributed by atoms with Gasteiger partial charge >= 0.3 is 143 Å². The van der Waals surface area contributed by atoms with Crippen LogP contribution in [0.4, 0.5) is 0 Å². The van der Waals surface area contributed by atoms with Crippen molar-refractivity contribution in [3.63, 3.8) is 0 Å². The number of hydrogen-bond acceptors (Lipinski definition) is 2. The number of methoxy groups -OCH3 is 1. The number of alkyl halides is 1. The van der Waals surface area contributed by atoms with Crippen LogP contribution in [0.2, 0.25) is 0 Å². The van der Waals surface area contributed by atoms with Crippen LogP contribution < -0.4 is 4.74 Å². The van der Waals surface area contributed by atoms with Gasteiger partial charge in [0.2, 0.25) is 0 Å². The first-order valence-corrected chi connectivity index (χ1v) is 12.9. The minimum atomic E-state index is -1.39. The molecule has 1 atom stereocenters. The third-order valence-corrected chi connectivity index (χ3v) is 14.0. The Hall–Kier alpha value is -1.20. The molecule has 1 unspecified atom stereocenters. The van der Waals surface area contributed by atoms with Crippen molar-refractivity contribution in [2.75, 3.05) is 7.11 Å². The van der Waals surface area contributed by atoms with E-state index in [2.05, 4.69) is 87.8 Å². The molecule has 0 aliphatic heterocycles. The van der Waals surface area contributed by atoms with Crippen LogP contribution in [-0.4, -0.2) is 11.0 Å². The second-order valence-electron chi connectivity index (χ2n) is 4.89. The number of hydrogen-bond donors (Lipinski definition) is 0. The molecule has 3 heteroatoms. The predicted octanol–water partition coefficient (Wildman–Crippen LogP) is 5.96.